The number of halogens is 1. The molecule has 9 heteroatoms. The normalized spacial score (nSPS) is 11.1. The molecule has 8 nitrogen and oxygen atoms in total. The van der Waals surface area contributed by atoms with Crippen LogP contribution in [0.1, 0.15) is 54.7 Å². The standard InChI is InChI=1S/C31H29ClN4O4.C2H6/c1-3-28(37)23-12-10-21(32)14-24(23)25-16-30(38)36(18-29(25)40-2)27(13-19-7-5-4-6-8-19)31(39)35-22-11-9-20(17-33)26(34)15-22;1-2/h4-12,14-18,27,33H,3,13,34H2,1-2H3,(H,35,39);1-2H3. The third-order valence-electron chi connectivity index (χ3n) is 6.58. The molecule has 42 heavy (non-hydrogen) atoms. The number of pyridine rings is 1. The van der Waals surface area contributed by atoms with E-state index in [-0.39, 0.29) is 18.6 Å². The summed E-state index contributed by atoms with van der Waals surface area (Å²) >= 11 is 6.26. The second-order valence-electron chi connectivity index (χ2n) is 9.15. The molecule has 0 fully saturated rings. The zero-order valence-corrected chi connectivity index (χ0v) is 24.9. The van der Waals surface area contributed by atoms with Gasteiger partial charge in [-0.15, -0.1) is 0 Å². The van der Waals surface area contributed by atoms with Crippen LogP contribution >= 0.6 is 11.6 Å². The quantitative estimate of drug-likeness (QED) is 0.107. The number of amides is 1. The number of Topliss-reactive ketones (excluding diaryl/α,β-unsaturated/α-hetero) is 1. The summed E-state index contributed by atoms with van der Waals surface area (Å²) in [6, 6.07) is 19.5. The maximum absolute atomic E-state index is 13.7. The minimum absolute atomic E-state index is 0.104. The molecule has 4 N–H and O–H groups in total. The van der Waals surface area contributed by atoms with E-state index in [9.17, 15) is 14.4 Å². The molecular weight excluding hydrogens is 552 g/mol. The average molecular weight is 587 g/mol. The van der Waals surface area contributed by atoms with Crippen molar-refractivity contribution in [3.63, 3.8) is 0 Å². The Morgan fingerprint density at radius 1 is 1.05 bits per heavy atom. The highest BCUT2D eigenvalue weighted by Gasteiger charge is 2.25. The van der Waals surface area contributed by atoms with Gasteiger partial charge in [0.25, 0.3) is 5.56 Å². The maximum atomic E-state index is 13.7. The molecule has 218 valence electrons. The molecule has 0 aliphatic heterocycles. The number of ether oxygens (including phenoxy) is 1. The van der Waals surface area contributed by atoms with Crippen molar-refractivity contribution in [2.24, 2.45) is 0 Å². The number of hydrogen-bond acceptors (Lipinski definition) is 6. The van der Waals surface area contributed by atoms with Crippen LogP contribution in [0.3, 0.4) is 0 Å². The fourth-order valence-corrected chi connectivity index (χ4v) is 4.65. The van der Waals surface area contributed by atoms with Gasteiger partial charge in [-0.2, -0.15) is 0 Å². The van der Waals surface area contributed by atoms with Gasteiger partial charge in [-0.05, 0) is 47.5 Å². The first-order chi connectivity index (χ1) is 20.2. The Hall–Kier alpha value is -4.69. The van der Waals surface area contributed by atoms with E-state index >= 15 is 0 Å². The number of nitrogens with one attached hydrogen (secondary N) is 2. The summed E-state index contributed by atoms with van der Waals surface area (Å²) < 4.78 is 6.98. The molecule has 1 unspecified atom stereocenters. The zero-order chi connectivity index (χ0) is 30.8. The Labute approximate surface area is 250 Å². The summed E-state index contributed by atoms with van der Waals surface area (Å²) in [4.78, 5) is 39.9. The van der Waals surface area contributed by atoms with Gasteiger partial charge in [-0.25, -0.2) is 0 Å². The summed E-state index contributed by atoms with van der Waals surface area (Å²) in [6.45, 7) is 5.76. The van der Waals surface area contributed by atoms with E-state index in [2.05, 4.69) is 5.32 Å². The highest BCUT2D eigenvalue weighted by Crippen LogP contribution is 2.34. The fourth-order valence-electron chi connectivity index (χ4n) is 4.48. The van der Waals surface area contributed by atoms with Crippen LogP contribution < -0.4 is 21.3 Å². The molecule has 1 atom stereocenters. The van der Waals surface area contributed by atoms with Crippen molar-refractivity contribution in [2.45, 2.75) is 39.7 Å². The molecule has 1 heterocycles. The van der Waals surface area contributed by atoms with Crippen molar-refractivity contribution in [2.75, 3.05) is 18.2 Å². The van der Waals surface area contributed by atoms with Crippen LogP contribution in [0.25, 0.3) is 11.1 Å². The van der Waals surface area contributed by atoms with E-state index in [1.165, 1.54) is 23.9 Å². The lowest BCUT2D eigenvalue weighted by molar-refractivity contribution is -0.119. The van der Waals surface area contributed by atoms with E-state index in [0.717, 1.165) is 11.8 Å². The first-order valence-corrected chi connectivity index (χ1v) is 14.0. The number of benzene rings is 3. The van der Waals surface area contributed by atoms with Gasteiger partial charge in [-0.3, -0.25) is 19.0 Å². The maximum Gasteiger partial charge on any atom is 0.252 e. The largest absolute Gasteiger partial charge is 0.495 e. The topological polar surface area (TPSA) is 127 Å². The van der Waals surface area contributed by atoms with E-state index in [0.29, 0.717) is 44.4 Å². The van der Waals surface area contributed by atoms with E-state index in [1.54, 1.807) is 43.3 Å². The third-order valence-corrected chi connectivity index (χ3v) is 6.81. The Morgan fingerprint density at radius 2 is 1.76 bits per heavy atom. The van der Waals surface area contributed by atoms with Gasteiger partial charge in [0.15, 0.2) is 5.78 Å². The van der Waals surface area contributed by atoms with Crippen molar-refractivity contribution < 1.29 is 14.3 Å². The molecule has 0 saturated heterocycles. The van der Waals surface area contributed by atoms with E-state index in [4.69, 9.17) is 27.5 Å². The predicted octanol–water partition coefficient (Wildman–Crippen LogP) is 6.80. The molecule has 0 saturated carbocycles. The Balaban J connectivity index is 0.00000237. The molecule has 0 spiro atoms. The van der Waals surface area contributed by atoms with E-state index in [1.807, 2.05) is 44.2 Å². The van der Waals surface area contributed by atoms with Gasteiger partial charge in [0.2, 0.25) is 5.91 Å². The van der Waals surface area contributed by atoms with Gasteiger partial charge >= 0.3 is 0 Å². The molecule has 0 radical (unpaired) electrons. The Kier molecular flexibility index (Phi) is 11.2. The minimum atomic E-state index is -0.947. The second-order valence-corrected chi connectivity index (χ2v) is 9.59. The van der Waals surface area contributed by atoms with Crippen molar-refractivity contribution in [3.8, 4) is 16.9 Å². The first kappa shape index (κ1) is 31.8. The van der Waals surface area contributed by atoms with Crippen LogP contribution in [-0.2, 0) is 11.2 Å². The number of nitrogens with two attached hydrogens (primary N) is 1. The Morgan fingerprint density at radius 3 is 2.38 bits per heavy atom. The highest BCUT2D eigenvalue weighted by molar-refractivity contribution is 6.31. The number of hydrogen-bond donors (Lipinski definition) is 3. The van der Waals surface area contributed by atoms with E-state index < -0.39 is 17.5 Å². The van der Waals surface area contributed by atoms with Crippen LogP contribution in [-0.4, -0.2) is 29.6 Å². The van der Waals surface area contributed by atoms with Gasteiger partial charge in [0, 0.05) is 58.2 Å². The molecule has 0 aliphatic carbocycles. The summed E-state index contributed by atoms with van der Waals surface area (Å²) in [5.74, 6) is -0.239. The number of nitrogen functional groups attached to an aromatic ring is 1. The predicted molar refractivity (Wildman–Crippen MR) is 170 cm³/mol. The summed E-state index contributed by atoms with van der Waals surface area (Å²) in [5, 5.41) is 10.7. The van der Waals surface area contributed by atoms with Crippen molar-refractivity contribution in [1.82, 2.24) is 4.57 Å². The van der Waals surface area contributed by atoms with Crippen LogP contribution in [0.15, 0.2) is 83.8 Å². The zero-order valence-electron chi connectivity index (χ0n) is 24.1. The number of nitrogens with zero attached hydrogens (tertiary/aromatic N) is 1. The molecule has 0 bridgehead atoms. The smallest absolute Gasteiger partial charge is 0.252 e. The first-order valence-electron chi connectivity index (χ1n) is 13.6. The second kappa shape index (κ2) is 14.8. The SMILES string of the molecule is CC.CCC(=O)c1ccc(Cl)cc1-c1cc(=O)n(C(Cc2ccccc2)C(=O)Nc2ccc(C=N)c(N)c2)cc1OC. The monoisotopic (exact) mass is 586 g/mol. The molecule has 4 rings (SSSR count). The number of anilines is 2. The fraction of sp³-hybridized carbons (Fsp3) is 0.212. The number of carbonyl (C=O) groups is 2. The summed E-state index contributed by atoms with van der Waals surface area (Å²) in [7, 11) is 1.46. The van der Waals surface area contributed by atoms with Crippen molar-refractivity contribution in [3.05, 3.63) is 111 Å². The van der Waals surface area contributed by atoms with Crippen LogP contribution in [0.5, 0.6) is 5.75 Å². The molecule has 1 amide bonds. The lowest BCUT2D eigenvalue weighted by atomic mass is 9.95. The third kappa shape index (κ3) is 7.33. The van der Waals surface area contributed by atoms with Crippen LogP contribution in [0, 0.1) is 5.41 Å². The molecular formula is C33H35ClN4O4. The van der Waals surface area contributed by atoms with Gasteiger partial charge in [0.1, 0.15) is 11.8 Å². The number of aromatic nitrogens is 1. The number of ketones is 1. The van der Waals surface area contributed by atoms with Crippen LogP contribution in [0.4, 0.5) is 11.4 Å². The average Bonchev–Trinajstić information content (AvgIpc) is 3.01. The highest BCUT2D eigenvalue weighted by atomic mass is 35.5. The molecule has 3 aromatic carbocycles. The summed E-state index contributed by atoms with van der Waals surface area (Å²) in [5.41, 5.74) is 8.99. The van der Waals surface area contributed by atoms with Gasteiger partial charge in [0.05, 0.1) is 13.3 Å². The molecule has 4 aromatic rings. The number of carbonyl (C=O) groups excluding carboxylic acids is 2. The van der Waals surface area contributed by atoms with Crippen molar-refractivity contribution in [1.29, 1.82) is 5.41 Å². The van der Waals surface area contributed by atoms with Gasteiger partial charge in [-0.1, -0.05) is 62.7 Å². The van der Waals surface area contributed by atoms with Crippen LogP contribution in [0.2, 0.25) is 5.02 Å². The number of rotatable bonds is 10. The number of methoxy groups -OCH3 is 1. The molecule has 1 aromatic heterocycles. The van der Waals surface area contributed by atoms with Crippen molar-refractivity contribution >= 4 is 40.9 Å². The lowest BCUT2D eigenvalue weighted by Gasteiger charge is -2.22. The summed E-state index contributed by atoms with van der Waals surface area (Å²) in [6.07, 6.45) is 3.11. The minimum Gasteiger partial charge on any atom is -0.495 e. The lowest BCUT2D eigenvalue weighted by Crippen LogP contribution is -2.34. The Bertz CT molecular complexity index is 1630. The molecule has 0 aliphatic rings. The van der Waals surface area contributed by atoms with Gasteiger partial charge < -0.3 is 21.2 Å².